The molecule has 0 spiro atoms. The molecule has 0 aromatic carbocycles. The van der Waals surface area contributed by atoms with Crippen LogP contribution in [0.4, 0.5) is 0 Å². The van der Waals surface area contributed by atoms with Crippen molar-refractivity contribution in [2.45, 2.75) is 150 Å². The Morgan fingerprint density at radius 1 is 0.429 bits per heavy atom. The molecule has 0 saturated carbocycles. The minimum Gasteiger partial charge on any atom is -0.303 e. The number of hydrogen-bond acceptors (Lipinski definition) is 1. The molecule has 0 amide bonds. The lowest BCUT2D eigenvalue weighted by Crippen LogP contribution is -2.27. The van der Waals surface area contributed by atoms with Crippen LogP contribution in [-0.4, -0.2) is 24.5 Å². The Labute approximate surface area is 180 Å². The van der Waals surface area contributed by atoms with Gasteiger partial charge in [0.2, 0.25) is 0 Å². The van der Waals surface area contributed by atoms with Crippen LogP contribution in [0.15, 0.2) is 0 Å². The fraction of sp³-hybridized carbons (Fsp3) is 1.00. The highest BCUT2D eigenvalue weighted by molar-refractivity contribution is 4.60. The minimum absolute atomic E-state index is 0.887. The van der Waals surface area contributed by atoms with Crippen molar-refractivity contribution in [2.24, 2.45) is 5.92 Å². The van der Waals surface area contributed by atoms with Crippen LogP contribution in [0.2, 0.25) is 0 Å². The second-order valence-electron chi connectivity index (χ2n) is 9.68. The molecule has 0 saturated heterocycles. The van der Waals surface area contributed by atoms with Crippen molar-refractivity contribution in [3.8, 4) is 0 Å². The number of hydrogen-bond donors (Lipinski definition) is 0. The fourth-order valence-electron chi connectivity index (χ4n) is 4.16. The molecule has 0 radical (unpaired) electrons. The molecule has 0 aromatic heterocycles. The molecule has 0 aliphatic heterocycles. The maximum absolute atomic E-state index is 2.80. The Hall–Kier alpha value is -0.0400. The topological polar surface area (TPSA) is 3.24 Å². The molecule has 0 unspecified atom stereocenters. The van der Waals surface area contributed by atoms with Crippen LogP contribution in [0, 0.1) is 5.92 Å². The molecule has 0 aliphatic rings. The van der Waals surface area contributed by atoms with Gasteiger partial charge in [-0.3, -0.25) is 0 Å². The Balaban J connectivity index is 3.79. The lowest BCUT2D eigenvalue weighted by atomic mass is 10.0. The summed E-state index contributed by atoms with van der Waals surface area (Å²) < 4.78 is 0. The smallest absolute Gasteiger partial charge is 0.00187 e. The van der Waals surface area contributed by atoms with Gasteiger partial charge in [0.05, 0.1) is 0 Å². The Bertz CT molecular complexity index is 257. The van der Waals surface area contributed by atoms with E-state index in [1.54, 1.807) is 0 Å². The second kappa shape index (κ2) is 23.2. The quantitative estimate of drug-likeness (QED) is 0.156. The van der Waals surface area contributed by atoms with Gasteiger partial charge in [-0.25, -0.2) is 0 Å². The highest BCUT2D eigenvalue weighted by Gasteiger charge is 2.05. The molecule has 28 heavy (non-hydrogen) atoms. The van der Waals surface area contributed by atoms with E-state index in [2.05, 4.69) is 32.6 Å². The zero-order valence-electron chi connectivity index (χ0n) is 20.6. The molecule has 0 aromatic rings. The van der Waals surface area contributed by atoms with Crippen LogP contribution in [0.5, 0.6) is 0 Å². The second-order valence-corrected chi connectivity index (χ2v) is 9.68. The third-order valence-electron chi connectivity index (χ3n) is 6.16. The van der Waals surface area contributed by atoms with Gasteiger partial charge in [-0.05, 0) is 44.8 Å². The summed E-state index contributed by atoms with van der Waals surface area (Å²) in [6, 6.07) is 0. The zero-order chi connectivity index (χ0) is 20.7. The van der Waals surface area contributed by atoms with E-state index in [0.717, 1.165) is 5.92 Å². The molecule has 0 atom stereocenters. The first-order valence-corrected chi connectivity index (χ1v) is 13.4. The first kappa shape index (κ1) is 28.0. The van der Waals surface area contributed by atoms with Crippen molar-refractivity contribution in [1.82, 2.24) is 4.90 Å². The molecule has 0 aliphatic carbocycles. The van der Waals surface area contributed by atoms with Crippen LogP contribution in [-0.2, 0) is 0 Å². The Morgan fingerprint density at radius 2 is 0.750 bits per heavy atom. The van der Waals surface area contributed by atoms with Gasteiger partial charge in [-0.2, -0.15) is 0 Å². The van der Waals surface area contributed by atoms with Gasteiger partial charge >= 0.3 is 0 Å². The molecule has 0 bridgehead atoms. The summed E-state index contributed by atoms with van der Waals surface area (Å²) in [7, 11) is 0. The van der Waals surface area contributed by atoms with Crippen molar-refractivity contribution in [2.75, 3.05) is 19.6 Å². The van der Waals surface area contributed by atoms with Crippen molar-refractivity contribution in [3.05, 3.63) is 0 Å². The number of nitrogens with zero attached hydrogens (tertiary/aromatic N) is 1. The molecule has 0 N–H and O–H groups in total. The first-order chi connectivity index (χ1) is 13.7. The van der Waals surface area contributed by atoms with E-state index < -0.39 is 0 Å². The molecule has 0 heterocycles. The average molecular weight is 396 g/mol. The molecule has 1 nitrogen and oxygen atoms in total. The third-order valence-corrected chi connectivity index (χ3v) is 6.16. The SMILES string of the molecule is CCCCCCCCN(CCCCCCCC)CCCCCCCCC(C)C. The molecular weight excluding hydrogens is 338 g/mol. The summed E-state index contributed by atoms with van der Waals surface area (Å²) in [5, 5.41) is 0. The predicted octanol–water partition coefficient (Wildman–Crippen LogP) is 9.40. The van der Waals surface area contributed by atoms with E-state index in [-0.39, 0.29) is 0 Å². The highest BCUT2D eigenvalue weighted by Crippen LogP contribution is 2.13. The lowest BCUT2D eigenvalue weighted by molar-refractivity contribution is 0.254. The highest BCUT2D eigenvalue weighted by atomic mass is 15.1. The summed E-state index contributed by atoms with van der Waals surface area (Å²) in [5.74, 6) is 0.887. The van der Waals surface area contributed by atoms with Crippen molar-refractivity contribution >= 4 is 0 Å². The van der Waals surface area contributed by atoms with Gasteiger partial charge in [-0.15, -0.1) is 0 Å². The normalized spacial score (nSPS) is 11.8. The molecule has 0 rings (SSSR count). The monoisotopic (exact) mass is 395 g/mol. The average Bonchev–Trinajstić information content (AvgIpc) is 2.68. The van der Waals surface area contributed by atoms with Crippen LogP contribution in [0.3, 0.4) is 0 Å². The van der Waals surface area contributed by atoms with Crippen LogP contribution in [0.25, 0.3) is 0 Å². The number of unbranched alkanes of at least 4 members (excludes halogenated alkanes) is 15. The fourth-order valence-corrected chi connectivity index (χ4v) is 4.16. The van der Waals surface area contributed by atoms with E-state index in [0.29, 0.717) is 0 Å². The van der Waals surface area contributed by atoms with Crippen molar-refractivity contribution in [3.63, 3.8) is 0 Å². The third kappa shape index (κ3) is 22.3. The Kier molecular flexibility index (Phi) is 23.2. The van der Waals surface area contributed by atoms with Crippen molar-refractivity contribution < 1.29 is 0 Å². The summed E-state index contributed by atoms with van der Waals surface area (Å²) in [5.41, 5.74) is 0. The van der Waals surface area contributed by atoms with E-state index in [1.807, 2.05) is 0 Å². The van der Waals surface area contributed by atoms with Gasteiger partial charge in [0.15, 0.2) is 0 Å². The zero-order valence-corrected chi connectivity index (χ0v) is 20.6. The van der Waals surface area contributed by atoms with Gasteiger partial charge in [0.1, 0.15) is 0 Å². The first-order valence-electron chi connectivity index (χ1n) is 13.4. The van der Waals surface area contributed by atoms with Gasteiger partial charge < -0.3 is 4.90 Å². The minimum atomic E-state index is 0.887. The largest absolute Gasteiger partial charge is 0.303 e. The summed E-state index contributed by atoms with van der Waals surface area (Å²) in [6.45, 7) is 13.4. The van der Waals surface area contributed by atoms with Crippen LogP contribution < -0.4 is 0 Å². The van der Waals surface area contributed by atoms with E-state index in [1.165, 1.54) is 142 Å². The number of rotatable bonds is 23. The van der Waals surface area contributed by atoms with Crippen LogP contribution in [0.1, 0.15) is 150 Å². The maximum Gasteiger partial charge on any atom is -0.00187 e. The molecule has 1 heteroatoms. The summed E-state index contributed by atoms with van der Waals surface area (Å²) >= 11 is 0. The lowest BCUT2D eigenvalue weighted by Gasteiger charge is -2.22. The van der Waals surface area contributed by atoms with E-state index >= 15 is 0 Å². The molecular formula is C27H57N. The summed E-state index contributed by atoms with van der Waals surface area (Å²) in [6.07, 6.45) is 27.2. The van der Waals surface area contributed by atoms with Gasteiger partial charge in [0.25, 0.3) is 0 Å². The van der Waals surface area contributed by atoms with Crippen LogP contribution >= 0.6 is 0 Å². The maximum atomic E-state index is 2.80. The molecule has 170 valence electrons. The van der Waals surface area contributed by atoms with E-state index in [4.69, 9.17) is 0 Å². The Morgan fingerprint density at radius 3 is 1.11 bits per heavy atom. The van der Waals surface area contributed by atoms with Crippen molar-refractivity contribution in [1.29, 1.82) is 0 Å². The molecule has 0 fully saturated rings. The van der Waals surface area contributed by atoms with E-state index in [9.17, 15) is 0 Å². The standard InChI is InChI=1S/C27H57N/c1-5-7-9-11-16-20-24-28(25-21-17-12-10-8-6-2)26-22-18-14-13-15-19-23-27(3)4/h27H,5-26H2,1-4H3. The summed E-state index contributed by atoms with van der Waals surface area (Å²) in [4.78, 5) is 2.80. The van der Waals surface area contributed by atoms with Gasteiger partial charge in [-0.1, -0.05) is 130 Å². The predicted molar refractivity (Wildman–Crippen MR) is 130 cm³/mol. The van der Waals surface area contributed by atoms with Gasteiger partial charge in [0, 0.05) is 0 Å².